The van der Waals surface area contributed by atoms with Crippen LogP contribution in [0.1, 0.15) is 12.0 Å². The van der Waals surface area contributed by atoms with Crippen molar-refractivity contribution in [1.29, 1.82) is 0 Å². The van der Waals surface area contributed by atoms with E-state index in [1.807, 2.05) is 30.3 Å². The second kappa shape index (κ2) is 11.2. The molecule has 146 valence electrons. The molecule has 7 heteroatoms. The minimum atomic E-state index is -0.331. The van der Waals surface area contributed by atoms with E-state index in [0.717, 1.165) is 5.56 Å². The summed E-state index contributed by atoms with van der Waals surface area (Å²) in [6.45, 7) is 4.16. The summed E-state index contributed by atoms with van der Waals surface area (Å²) >= 11 is 0. The van der Waals surface area contributed by atoms with Crippen LogP contribution in [-0.4, -0.2) is 30.9 Å². The molecule has 0 aromatic heterocycles. The van der Waals surface area contributed by atoms with Crippen LogP contribution in [0, 0.1) is 0 Å². The molecule has 0 saturated carbocycles. The molecule has 0 bridgehead atoms. The van der Waals surface area contributed by atoms with Crippen LogP contribution in [0.4, 0.5) is 16.2 Å². The Morgan fingerprint density at radius 1 is 0.821 bits per heavy atom. The number of amides is 4. The van der Waals surface area contributed by atoms with Gasteiger partial charge in [0.05, 0.1) is 6.42 Å². The molecule has 0 atom stereocenters. The van der Waals surface area contributed by atoms with Gasteiger partial charge in [0, 0.05) is 30.9 Å². The first-order valence-corrected chi connectivity index (χ1v) is 8.93. The topological polar surface area (TPSA) is 99.3 Å². The molecule has 0 radical (unpaired) electrons. The number of urea groups is 1. The highest BCUT2D eigenvalue weighted by Crippen LogP contribution is 2.13. The van der Waals surface area contributed by atoms with Gasteiger partial charge >= 0.3 is 6.03 Å². The first-order valence-electron chi connectivity index (χ1n) is 8.93. The van der Waals surface area contributed by atoms with Crippen LogP contribution in [0.25, 0.3) is 0 Å². The quantitative estimate of drug-likeness (QED) is 0.503. The van der Waals surface area contributed by atoms with Crippen molar-refractivity contribution in [2.24, 2.45) is 0 Å². The van der Waals surface area contributed by atoms with E-state index >= 15 is 0 Å². The van der Waals surface area contributed by atoms with Crippen LogP contribution in [0.5, 0.6) is 0 Å². The highest BCUT2D eigenvalue weighted by Gasteiger charge is 2.06. The highest BCUT2D eigenvalue weighted by atomic mass is 16.2. The first-order chi connectivity index (χ1) is 13.6. The van der Waals surface area contributed by atoms with E-state index in [4.69, 9.17) is 0 Å². The van der Waals surface area contributed by atoms with Crippen LogP contribution in [0.15, 0.2) is 67.3 Å². The third-order valence-corrected chi connectivity index (χ3v) is 3.72. The lowest BCUT2D eigenvalue weighted by atomic mass is 10.1. The maximum absolute atomic E-state index is 12.0. The average Bonchev–Trinajstić information content (AvgIpc) is 2.68. The molecule has 0 aliphatic heterocycles. The molecule has 0 saturated heterocycles. The Kier molecular flexibility index (Phi) is 8.26. The maximum Gasteiger partial charge on any atom is 0.319 e. The van der Waals surface area contributed by atoms with Crippen LogP contribution in [-0.2, 0) is 16.0 Å². The van der Waals surface area contributed by atoms with Gasteiger partial charge in [0.15, 0.2) is 0 Å². The molecule has 0 aliphatic rings. The van der Waals surface area contributed by atoms with Gasteiger partial charge in [-0.25, -0.2) is 4.79 Å². The fraction of sp³-hybridized carbons (Fsp3) is 0.190. The average molecular weight is 380 g/mol. The third-order valence-electron chi connectivity index (χ3n) is 3.72. The molecule has 4 N–H and O–H groups in total. The third kappa shape index (κ3) is 7.74. The van der Waals surface area contributed by atoms with E-state index in [-0.39, 0.29) is 37.2 Å². The zero-order valence-corrected chi connectivity index (χ0v) is 15.5. The van der Waals surface area contributed by atoms with Gasteiger partial charge in [0.2, 0.25) is 11.8 Å². The summed E-state index contributed by atoms with van der Waals surface area (Å²) in [6.07, 6.45) is 2.05. The van der Waals surface area contributed by atoms with E-state index in [9.17, 15) is 14.4 Å². The summed E-state index contributed by atoms with van der Waals surface area (Å²) in [7, 11) is 0. The maximum atomic E-state index is 12.0. The monoisotopic (exact) mass is 380 g/mol. The fourth-order valence-corrected chi connectivity index (χ4v) is 2.36. The second-order valence-corrected chi connectivity index (χ2v) is 6.01. The van der Waals surface area contributed by atoms with E-state index < -0.39 is 0 Å². The standard InChI is InChI=1S/C21H24N4O3/c1-2-13-23-21(28)25-18-10-8-17(9-11-18)24-19(26)12-14-22-20(27)15-16-6-4-3-5-7-16/h2-11H,1,12-15H2,(H,22,27)(H,24,26)(H2,23,25,28). The molecular formula is C21H24N4O3. The molecule has 7 nitrogen and oxygen atoms in total. The van der Waals surface area contributed by atoms with Gasteiger partial charge in [0.25, 0.3) is 0 Å². The number of hydrogen-bond donors (Lipinski definition) is 4. The van der Waals surface area contributed by atoms with E-state index in [1.165, 1.54) is 0 Å². The van der Waals surface area contributed by atoms with Gasteiger partial charge in [0.1, 0.15) is 0 Å². The smallest absolute Gasteiger partial charge is 0.319 e. The Morgan fingerprint density at radius 3 is 2.11 bits per heavy atom. The predicted octanol–water partition coefficient (Wildman–Crippen LogP) is 2.68. The molecule has 0 heterocycles. The molecule has 2 rings (SSSR count). The summed E-state index contributed by atoms with van der Waals surface area (Å²) in [5.74, 6) is -0.325. The van der Waals surface area contributed by atoms with Crippen LogP contribution in [0.2, 0.25) is 0 Å². The van der Waals surface area contributed by atoms with Gasteiger partial charge < -0.3 is 21.3 Å². The van der Waals surface area contributed by atoms with Gasteiger partial charge in [-0.3, -0.25) is 9.59 Å². The summed E-state index contributed by atoms with van der Waals surface area (Å²) < 4.78 is 0. The number of hydrogen-bond acceptors (Lipinski definition) is 3. The molecule has 2 aromatic rings. The lowest BCUT2D eigenvalue weighted by molar-refractivity contribution is -0.120. The van der Waals surface area contributed by atoms with Crippen molar-refractivity contribution in [3.8, 4) is 0 Å². The highest BCUT2D eigenvalue weighted by molar-refractivity contribution is 5.92. The lowest BCUT2D eigenvalue weighted by Crippen LogP contribution is -2.29. The van der Waals surface area contributed by atoms with Crippen LogP contribution < -0.4 is 21.3 Å². The van der Waals surface area contributed by atoms with Crippen molar-refractivity contribution >= 4 is 29.2 Å². The number of carbonyl (C=O) groups excluding carboxylic acids is 3. The minimum Gasteiger partial charge on any atom is -0.355 e. The largest absolute Gasteiger partial charge is 0.355 e. The van der Waals surface area contributed by atoms with Crippen molar-refractivity contribution in [3.05, 3.63) is 72.8 Å². The molecule has 0 unspecified atom stereocenters. The van der Waals surface area contributed by atoms with Crippen LogP contribution in [0.3, 0.4) is 0 Å². The normalized spacial score (nSPS) is 9.86. The van der Waals surface area contributed by atoms with Crippen molar-refractivity contribution in [1.82, 2.24) is 10.6 Å². The van der Waals surface area contributed by atoms with Gasteiger partial charge in [-0.2, -0.15) is 0 Å². The molecule has 28 heavy (non-hydrogen) atoms. The Bertz CT molecular complexity index is 804. The van der Waals surface area contributed by atoms with Crippen molar-refractivity contribution in [3.63, 3.8) is 0 Å². The lowest BCUT2D eigenvalue weighted by Gasteiger charge is -2.09. The number of rotatable bonds is 9. The van der Waals surface area contributed by atoms with E-state index in [2.05, 4.69) is 27.8 Å². The molecule has 4 amide bonds. The van der Waals surface area contributed by atoms with Crippen molar-refractivity contribution < 1.29 is 14.4 Å². The molecule has 0 fully saturated rings. The molecule has 0 aliphatic carbocycles. The van der Waals surface area contributed by atoms with E-state index in [0.29, 0.717) is 17.9 Å². The van der Waals surface area contributed by atoms with Crippen LogP contribution >= 0.6 is 0 Å². The Hall–Kier alpha value is -3.61. The fourth-order valence-electron chi connectivity index (χ4n) is 2.36. The van der Waals surface area contributed by atoms with E-state index in [1.54, 1.807) is 30.3 Å². The zero-order valence-electron chi connectivity index (χ0n) is 15.5. The number of carbonyl (C=O) groups is 3. The molecular weight excluding hydrogens is 356 g/mol. The molecule has 2 aromatic carbocycles. The van der Waals surface area contributed by atoms with Gasteiger partial charge in [-0.15, -0.1) is 6.58 Å². The summed E-state index contributed by atoms with van der Waals surface area (Å²) in [6, 6.07) is 15.8. The van der Waals surface area contributed by atoms with Crippen molar-refractivity contribution in [2.75, 3.05) is 23.7 Å². The number of anilines is 2. The first kappa shape index (κ1) is 20.7. The Morgan fingerprint density at radius 2 is 1.46 bits per heavy atom. The predicted molar refractivity (Wildman–Crippen MR) is 110 cm³/mol. The summed E-state index contributed by atoms with van der Waals surface area (Å²) in [4.78, 5) is 35.4. The molecule has 0 spiro atoms. The Labute approximate surface area is 164 Å². The SMILES string of the molecule is C=CCNC(=O)Nc1ccc(NC(=O)CCNC(=O)Cc2ccccc2)cc1. The second-order valence-electron chi connectivity index (χ2n) is 6.01. The Balaban J connectivity index is 1.69. The number of benzene rings is 2. The van der Waals surface area contributed by atoms with Crippen molar-refractivity contribution in [2.45, 2.75) is 12.8 Å². The number of nitrogens with one attached hydrogen (secondary N) is 4. The zero-order chi connectivity index (χ0) is 20.2. The minimum absolute atomic E-state index is 0.121. The van der Waals surface area contributed by atoms with Gasteiger partial charge in [-0.05, 0) is 29.8 Å². The summed E-state index contributed by atoms with van der Waals surface area (Å²) in [5.41, 5.74) is 2.14. The van der Waals surface area contributed by atoms with Gasteiger partial charge in [-0.1, -0.05) is 36.4 Å². The summed E-state index contributed by atoms with van der Waals surface area (Å²) in [5, 5.41) is 10.8.